The molecular formula is C18H18N4O4. The zero-order valence-electron chi connectivity index (χ0n) is 14.9. The van der Waals surface area contributed by atoms with E-state index in [-0.39, 0.29) is 5.91 Å². The lowest BCUT2D eigenvalue weighted by atomic mass is 10.2. The molecule has 0 aliphatic carbocycles. The maximum atomic E-state index is 12.1. The summed E-state index contributed by atoms with van der Waals surface area (Å²) in [6.45, 7) is 3.54. The van der Waals surface area contributed by atoms with Gasteiger partial charge >= 0.3 is 5.97 Å². The van der Waals surface area contributed by atoms with E-state index in [0.29, 0.717) is 22.8 Å². The van der Waals surface area contributed by atoms with Crippen LogP contribution in [0.2, 0.25) is 0 Å². The normalized spacial score (nSPS) is 11.2. The minimum absolute atomic E-state index is 0.328. The number of amides is 1. The molecule has 26 heavy (non-hydrogen) atoms. The molecule has 0 saturated heterocycles. The average molecular weight is 354 g/mol. The molecule has 1 amide bonds. The van der Waals surface area contributed by atoms with Crippen LogP contribution >= 0.6 is 0 Å². The predicted molar refractivity (Wildman–Crippen MR) is 95.7 cm³/mol. The van der Waals surface area contributed by atoms with Gasteiger partial charge in [-0.2, -0.15) is 5.10 Å². The van der Waals surface area contributed by atoms with E-state index in [4.69, 9.17) is 4.42 Å². The molecule has 0 aliphatic heterocycles. The Morgan fingerprint density at radius 1 is 1.31 bits per heavy atom. The molecule has 0 spiro atoms. The molecule has 0 aromatic carbocycles. The topological polar surface area (TPSA) is 99.3 Å². The number of esters is 1. The Morgan fingerprint density at radius 3 is 2.81 bits per heavy atom. The van der Waals surface area contributed by atoms with Crippen molar-refractivity contribution in [2.24, 2.45) is 7.05 Å². The number of hydrogen-bond acceptors (Lipinski definition) is 6. The van der Waals surface area contributed by atoms with Gasteiger partial charge < -0.3 is 14.5 Å². The first-order valence-electron chi connectivity index (χ1n) is 7.86. The van der Waals surface area contributed by atoms with E-state index in [0.717, 1.165) is 16.7 Å². The Hall–Kier alpha value is -3.42. The first-order chi connectivity index (χ1) is 12.4. The van der Waals surface area contributed by atoms with Gasteiger partial charge in [-0.05, 0) is 32.1 Å². The van der Waals surface area contributed by atoms with Crippen molar-refractivity contribution < 1.29 is 18.7 Å². The summed E-state index contributed by atoms with van der Waals surface area (Å²) < 4.78 is 11.8. The standard InChI is InChI=1S/C18H18N4O4/c1-10-14-7-12(9-19-17(14)22(3)21-10)20-16(23)6-5-13-8-15(11(2)26-13)18(24)25-4/h5-9H,1-4H3,(H,20,23)/b6-5+. The van der Waals surface area contributed by atoms with Crippen LogP contribution in [0.3, 0.4) is 0 Å². The Labute approximate surface area is 149 Å². The highest BCUT2D eigenvalue weighted by Gasteiger charge is 2.14. The summed E-state index contributed by atoms with van der Waals surface area (Å²) in [6.07, 6.45) is 4.37. The van der Waals surface area contributed by atoms with E-state index in [9.17, 15) is 9.59 Å². The SMILES string of the molecule is COC(=O)c1cc(/C=C/C(=O)Nc2cnc3c(c2)c(C)nn3C)oc1C. The van der Waals surface area contributed by atoms with E-state index < -0.39 is 5.97 Å². The van der Waals surface area contributed by atoms with E-state index in [1.807, 2.05) is 20.0 Å². The Morgan fingerprint density at radius 2 is 2.08 bits per heavy atom. The highest BCUT2D eigenvalue weighted by Crippen LogP contribution is 2.20. The monoisotopic (exact) mass is 354 g/mol. The van der Waals surface area contributed by atoms with Crippen LogP contribution in [0.1, 0.15) is 27.6 Å². The van der Waals surface area contributed by atoms with Gasteiger partial charge in [-0.3, -0.25) is 9.48 Å². The van der Waals surface area contributed by atoms with E-state index in [2.05, 4.69) is 20.1 Å². The van der Waals surface area contributed by atoms with Gasteiger partial charge in [0.2, 0.25) is 5.91 Å². The van der Waals surface area contributed by atoms with Crippen LogP contribution in [-0.2, 0) is 16.6 Å². The first-order valence-corrected chi connectivity index (χ1v) is 7.86. The molecule has 8 heteroatoms. The maximum absolute atomic E-state index is 12.1. The van der Waals surface area contributed by atoms with Gasteiger partial charge in [0.05, 0.1) is 24.7 Å². The van der Waals surface area contributed by atoms with Gasteiger partial charge in [-0.25, -0.2) is 9.78 Å². The molecule has 0 fully saturated rings. The molecule has 3 rings (SSSR count). The lowest BCUT2D eigenvalue weighted by Gasteiger charge is -2.02. The minimum atomic E-state index is -0.485. The third-order valence-corrected chi connectivity index (χ3v) is 3.87. The molecule has 3 aromatic heterocycles. The zero-order chi connectivity index (χ0) is 18.8. The Kier molecular flexibility index (Phi) is 4.57. The minimum Gasteiger partial charge on any atom is -0.465 e. The van der Waals surface area contributed by atoms with E-state index in [1.54, 1.807) is 17.8 Å². The molecule has 3 aromatic rings. The first kappa shape index (κ1) is 17.4. The van der Waals surface area contributed by atoms with Gasteiger partial charge in [-0.15, -0.1) is 0 Å². The number of carbonyl (C=O) groups excluding carboxylic acids is 2. The van der Waals surface area contributed by atoms with Gasteiger partial charge in [0.15, 0.2) is 5.65 Å². The number of methoxy groups -OCH3 is 1. The van der Waals surface area contributed by atoms with Crippen LogP contribution in [-0.4, -0.2) is 33.8 Å². The highest BCUT2D eigenvalue weighted by molar-refractivity contribution is 6.02. The van der Waals surface area contributed by atoms with Crippen molar-refractivity contribution in [3.8, 4) is 0 Å². The molecule has 0 radical (unpaired) electrons. The molecule has 0 unspecified atom stereocenters. The maximum Gasteiger partial charge on any atom is 0.341 e. The number of ether oxygens (including phenoxy) is 1. The largest absolute Gasteiger partial charge is 0.465 e. The summed E-state index contributed by atoms with van der Waals surface area (Å²) in [6, 6.07) is 3.35. The number of pyridine rings is 1. The molecule has 0 atom stereocenters. The fourth-order valence-corrected chi connectivity index (χ4v) is 2.62. The van der Waals surface area contributed by atoms with Gasteiger partial charge in [0, 0.05) is 18.5 Å². The second-order valence-electron chi connectivity index (χ2n) is 5.74. The van der Waals surface area contributed by atoms with Crippen LogP contribution in [0.4, 0.5) is 5.69 Å². The molecule has 3 heterocycles. The Bertz CT molecular complexity index is 1030. The Balaban J connectivity index is 1.73. The second kappa shape index (κ2) is 6.83. The quantitative estimate of drug-likeness (QED) is 0.571. The number of nitrogens with zero attached hydrogens (tertiary/aromatic N) is 3. The molecular weight excluding hydrogens is 336 g/mol. The van der Waals surface area contributed by atoms with Crippen molar-refractivity contribution in [1.29, 1.82) is 0 Å². The highest BCUT2D eigenvalue weighted by atomic mass is 16.5. The van der Waals surface area contributed by atoms with Gasteiger partial charge in [0.1, 0.15) is 17.1 Å². The summed E-state index contributed by atoms with van der Waals surface area (Å²) in [5.41, 5.74) is 2.48. The summed E-state index contributed by atoms with van der Waals surface area (Å²) >= 11 is 0. The number of aromatic nitrogens is 3. The van der Waals surface area contributed by atoms with E-state index in [1.165, 1.54) is 25.3 Å². The lowest BCUT2D eigenvalue weighted by molar-refractivity contribution is -0.111. The fourth-order valence-electron chi connectivity index (χ4n) is 2.62. The van der Waals surface area contributed by atoms with Crippen molar-refractivity contribution in [2.75, 3.05) is 12.4 Å². The number of fused-ring (bicyclic) bond motifs is 1. The predicted octanol–water partition coefficient (Wildman–Crippen LogP) is 2.62. The molecule has 0 bridgehead atoms. The average Bonchev–Trinajstić information content (AvgIpc) is 3.12. The number of rotatable bonds is 4. The number of hydrogen-bond donors (Lipinski definition) is 1. The lowest BCUT2D eigenvalue weighted by Crippen LogP contribution is -2.08. The third-order valence-electron chi connectivity index (χ3n) is 3.87. The molecule has 8 nitrogen and oxygen atoms in total. The summed E-state index contributed by atoms with van der Waals surface area (Å²) in [5, 5.41) is 7.91. The van der Waals surface area contributed by atoms with Crippen molar-refractivity contribution >= 4 is 34.7 Å². The van der Waals surface area contributed by atoms with Crippen LogP contribution in [0.25, 0.3) is 17.1 Å². The summed E-state index contributed by atoms with van der Waals surface area (Å²) in [5.74, 6) is -0.0173. The van der Waals surface area contributed by atoms with Crippen molar-refractivity contribution in [3.05, 3.63) is 47.2 Å². The zero-order valence-corrected chi connectivity index (χ0v) is 14.9. The number of carbonyl (C=O) groups is 2. The number of nitrogens with one attached hydrogen (secondary N) is 1. The van der Waals surface area contributed by atoms with Crippen LogP contribution < -0.4 is 5.32 Å². The van der Waals surface area contributed by atoms with Crippen molar-refractivity contribution in [2.45, 2.75) is 13.8 Å². The van der Waals surface area contributed by atoms with Crippen molar-refractivity contribution in [3.63, 3.8) is 0 Å². The summed E-state index contributed by atoms with van der Waals surface area (Å²) in [7, 11) is 3.11. The van der Waals surface area contributed by atoms with Gasteiger partial charge in [0.25, 0.3) is 0 Å². The number of anilines is 1. The molecule has 0 saturated carbocycles. The van der Waals surface area contributed by atoms with Gasteiger partial charge in [-0.1, -0.05) is 0 Å². The van der Waals surface area contributed by atoms with Crippen LogP contribution in [0.15, 0.2) is 28.8 Å². The van der Waals surface area contributed by atoms with Crippen molar-refractivity contribution in [1.82, 2.24) is 14.8 Å². The number of furan rings is 1. The molecule has 1 N–H and O–H groups in total. The van der Waals surface area contributed by atoms with Crippen LogP contribution in [0, 0.1) is 13.8 Å². The smallest absolute Gasteiger partial charge is 0.341 e. The third kappa shape index (κ3) is 3.34. The fraction of sp³-hybridized carbons (Fsp3) is 0.222. The summed E-state index contributed by atoms with van der Waals surface area (Å²) in [4.78, 5) is 28.0. The number of aryl methyl sites for hydroxylation is 3. The molecule has 134 valence electrons. The van der Waals surface area contributed by atoms with Crippen LogP contribution in [0.5, 0.6) is 0 Å². The second-order valence-corrected chi connectivity index (χ2v) is 5.74. The molecule has 0 aliphatic rings. The van der Waals surface area contributed by atoms with E-state index >= 15 is 0 Å².